The monoisotopic (exact) mass is 256 g/mol. The summed E-state index contributed by atoms with van der Waals surface area (Å²) in [5.41, 5.74) is 7.64. The number of nitrogens with zero attached hydrogens (tertiary/aromatic N) is 2. The van der Waals surface area contributed by atoms with Crippen molar-refractivity contribution in [2.24, 2.45) is 5.84 Å². The van der Waals surface area contributed by atoms with Crippen molar-refractivity contribution < 1.29 is 0 Å². The second-order valence-electron chi connectivity index (χ2n) is 4.97. The first kappa shape index (κ1) is 13.6. The molecule has 0 saturated carbocycles. The van der Waals surface area contributed by atoms with E-state index in [9.17, 15) is 0 Å². The summed E-state index contributed by atoms with van der Waals surface area (Å²) in [6.07, 6.45) is 4.42. The van der Waals surface area contributed by atoms with Gasteiger partial charge in [0.15, 0.2) is 0 Å². The van der Waals surface area contributed by atoms with Gasteiger partial charge in [-0.05, 0) is 43.9 Å². The van der Waals surface area contributed by atoms with Gasteiger partial charge in [-0.15, -0.1) is 0 Å². The highest BCUT2D eigenvalue weighted by Gasteiger charge is 2.14. The molecule has 1 unspecified atom stereocenters. The summed E-state index contributed by atoms with van der Waals surface area (Å²) in [4.78, 5) is 8.69. The minimum atomic E-state index is -0.0684. The van der Waals surface area contributed by atoms with Gasteiger partial charge in [-0.25, -0.2) is 15.4 Å². The van der Waals surface area contributed by atoms with Crippen molar-refractivity contribution in [3.8, 4) is 0 Å². The van der Waals surface area contributed by atoms with Gasteiger partial charge in [-0.2, -0.15) is 0 Å². The predicted molar refractivity (Wildman–Crippen MR) is 76.5 cm³/mol. The Bertz CT molecular complexity index is 549. The zero-order valence-electron chi connectivity index (χ0n) is 11.6. The molecule has 3 N–H and O–H groups in total. The smallest absolute Gasteiger partial charge is 0.146 e. The molecule has 19 heavy (non-hydrogen) atoms. The van der Waals surface area contributed by atoms with Gasteiger partial charge in [0.25, 0.3) is 0 Å². The predicted octanol–water partition coefficient (Wildman–Crippen LogP) is 2.15. The minimum Gasteiger partial charge on any atom is -0.271 e. The van der Waals surface area contributed by atoms with Gasteiger partial charge >= 0.3 is 0 Å². The molecule has 0 aliphatic rings. The second kappa shape index (κ2) is 5.91. The highest BCUT2D eigenvalue weighted by molar-refractivity contribution is 5.31. The lowest BCUT2D eigenvalue weighted by Crippen LogP contribution is -2.31. The molecule has 1 heterocycles. The molecule has 2 rings (SSSR count). The van der Waals surface area contributed by atoms with E-state index in [-0.39, 0.29) is 6.04 Å². The van der Waals surface area contributed by atoms with Gasteiger partial charge in [0.05, 0.1) is 6.04 Å². The van der Waals surface area contributed by atoms with Crippen LogP contribution in [0.15, 0.2) is 30.6 Å². The number of nitrogens with two attached hydrogens (primary N) is 1. The van der Waals surface area contributed by atoms with E-state index in [2.05, 4.69) is 47.4 Å². The van der Waals surface area contributed by atoms with Crippen LogP contribution in [0.25, 0.3) is 0 Å². The third-order valence-corrected chi connectivity index (χ3v) is 3.24. The van der Waals surface area contributed by atoms with Gasteiger partial charge in [-0.1, -0.05) is 23.8 Å². The third kappa shape index (κ3) is 3.36. The lowest BCUT2D eigenvalue weighted by Gasteiger charge is -2.16. The molecule has 4 nitrogen and oxygen atoms in total. The first-order valence-corrected chi connectivity index (χ1v) is 6.41. The molecular weight excluding hydrogens is 236 g/mol. The molecule has 0 radical (unpaired) electrons. The first-order chi connectivity index (χ1) is 9.10. The molecule has 4 heteroatoms. The average molecular weight is 256 g/mol. The fourth-order valence-corrected chi connectivity index (χ4v) is 2.05. The molecule has 0 saturated heterocycles. The Balaban J connectivity index is 2.23. The summed E-state index contributed by atoms with van der Waals surface area (Å²) in [5.74, 6) is 6.38. The maximum atomic E-state index is 5.65. The molecule has 1 atom stereocenters. The number of hydrogen-bond donors (Lipinski definition) is 2. The SMILES string of the molecule is Cc1cnc(C(Cc2cc(C)ccc2C)NN)nc1. The van der Waals surface area contributed by atoms with Crippen molar-refractivity contribution in [1.29, 1.82) is 0 Å². The zero-order chi connectivity index (χ0) is 13.8. The number of aryl methyl sites for hydroxylation is 3. The summed E-state index contributed by atoms with van der Waals surface area (Å²) in [7, 11) is 0. The molecule has 1 aromatic heterocycles. The highest BCUT2D eigenvalue weighted by Crippen LogP contribution is 2.18. The molecule has 0 aliphatic heterocycles. The van der Waals surface area contributed by atoms with Crippen LogP contribution in [0.1, 0.15) is 34.1 Å². The Labute approximate surface area is 114 Å². The Kier molecular flexibility index (Phi) is 4.24. The molecular formula is C15H20N4. The van der Waals surface area contributed by atoms with Crippen LogP contribution in [0.2, 0.25) is 0 Å². The van der Waals surface area contributed by atoms with Crippen LogP contribution in [0.4, 0.5) is 0 Å². The molecule has 0 amide bonds. The number of hydrogen-bond acceptors (Lipinski definition) is 4. The standard InChI is InChI=1S/C15H20N4/c1-10-4-5-12(3)13(6-10)7-14(19-16)15-17-8-11(2)9-18-15/h4-6,8-9,14,19H,7,16H2,1-3H3. The number of hydrazine groups is 1. The summed E-state index contributed by atoms with van der Waals surface area (Å²) < 4.78 is 0. The molecule has 100 valence electrons. The third-order valence-electron chi connectivity index (χ3n) is 3.24. The van der Waals surface area contributed by atoms with Gasteiger partial charge in [0, 0.05) is 12.4 Å². The van der Waals surface area contributed by atoms with Gasteiger partial charge in [-0.3, -0.25) is 5.84 Å². The van der Waals surface area contributed by atoms with Gasteiger partial charge in [0.1, 0.15) is 5.82 Å². The van der Waals surface area contributed by atoms with Crippen molar-refractivity contribution in [2.45, 2.75) is 33.2 Å². The summed E-state index contributed by atoms with van der Waals surface area (Å²) in [5, 5.41) is 0. The van der Waals surface area contributed by atoms with Gasteiger partial charge < -0.3 is 0 Å². The average Bonchev–Trinajstić information content (AvgIpc) is 2.41. The van der Waals surface area contributed by atoms with Crippen LogP contribution in [0.3, 0.4) is 0 Å². The van der Waals surface area contributed by atoms with E-state index in [4.69, 9.17) is 5.84 Å². The van der Waals surface area contributed by atoms with Crippen molar-refractivity contribution in [2.75, 3.05) is 0 Å². The Morgan fingerprint density at radius 3 is 2.42 bits per heavy atom. The molecule has 2 aromatic rings. The van der Waals surface area contributed by atoms with E-state index in [0.29, 0.717) is 0 Å². The maximum Gasteiger partial charge on any atom is 0.146 e. The van der Waals surface area contributed by atoms with E-state index in [1.54, 1.807) is 0 Å². The highest BCUT2D eigenvalue weighted by atomic mass is 15.2. The first-order valence-electron chi connectivity index (χ1n) is 6.41. The van der Waals surface area contributed by atoms with E-state index < -0.39 is 0 Å². The van der Waals surface area contributed by atoms with Crippen molar-refractivity contribution in [1.82, 2.24) is 15.4 Å². The van der Waals surface area contributed by atoms with E-state index in [1.807, 2.05) is 19.3 Å². The van der Waals surface area contributed by atoms with E-state index in [1.165, 1.54) is 16.7 Å². The quantitative estimate of drug-likeness (QED) is 0.650. The van der Waals surface area contributed by atoms with E-state index >= 15 is 0 Å². The minimum absolute atomic E-state index is 0.0684. The van der Waals surface area contributed by atoms with Crippen LogP contribution in [-0.4, -0.2) is 9.97 Å². The Morgan fingerprint density at radius 2 is 1.79 bits per heavy atom. The van der Waals surface area contributed by atoms with E-state index in [0.717, 1.165) is 17.8 Å². The fourth-order valence-electron chi connectivity index (χ4n) is 2.05. The normalized spacial score (nSPS) is 12.4. The van der Waals surface area contributed by atoms with Crippen molar-refractivity contribution in [3.63, 3.8) is 0 Å². The van der Waals surface area contributed by atoms with Crippen LogP contribution < -0.4 is 11.3 Å². The van der Waals surface area contributed by atoms with Crippen LogP contribution >= 0.6 is 0 Å². The summed E-state index contributed by atoms with van der Waals surface area (Å²) >= 11 is 0. The Morgan fingerprint density at radius 1 is 1.11 bits per heavy atom. The topological polar surface area (TPSA) is 63.8 Å². The number of benzene rings is 1. The van der Waals surface area contributed by atoms with Crippen LogP contribution in [0, 0.1) is 20.8 Å². The molecule has 0 aliphatic carbocycles. The maximum absolute atomic E-state index is 5.65. The fraction of sp³-hybridized carbons (Fsp3) is 0.333. The summed E-state index contributed by atoms with van der Waals surface area (Å²) in [6, 6.07) is 6.37. The largest absolute Gasteiger partial charge is 0.271 e. The molecule has 0 fully saturated rings. The number of rotatable bonds is 4. The second-order valence-corrected chi connectivity index (χ2v) is 4.97. The molecule has 1 aromatic carbocycles. The number of aromatic nitrogens is 2. The van der Waals surface area contributed by atoms with Crippen molar-refractivity contribution >= 4 is 0 Å². The number of nitrogens with one attached hydrogen (secondary N) is 1. The van der Waals surface area contributed by atoms with Crippen molar-refractivity contribution in [3.05, 3.63) is 58.7 Å². The molecule has 0 spiro atoms. The Hall–Kier alpha value is -1.78. The van der Waals surface area contributed by atoms with Gasteiger partial charge in [0.2, 0.25) is 0 Å². The van der Waals surface area contributed by atoms with Crippen LogP contribution in [-0.2, 0) is 6.42 Å². The van der Waals surface area contributed by atoms with Crippen LogP contribution in [0.5, 0.6) is 0 Å². The lowest BCUT2D eigenvalue weighted by atomic mass is 9.99. The molecule has 0 bridgehead atoms. The summed E-state index contributed by atoms with van der Waals surface area (Å²) in [6.45, 7) is 6.17. The zero-order valence-corrected chi connectivity index (χ0v) is 11.6. The lowest BCUT2D eigenvalue weighted by molar-refractivity contribution is 0.521.